The van der Waals surface area contributed by atoms with E-state index in [9.17, 15) is 30.0 Å². The van der Waals surface area contributed by atoms with Crippen molar-refractivity contribution in [3.63, 3.8) is 0 Å². The Morgan fingerprint density at radius 1 is 1.15 bits per heavy atom. The Kier molecular flexibility index (Phi) is 5.59. The van der Waals surface area contributed by atoms with Crippen LogP contribution in [0.2, 0.25) is 0 Å². The van der Waals surface area contributed by atoms with Gasteiger partial charge in [-0.3, -0.25) is 4.79 Å². The summed E-state index contributed by atoms with van der Waals surface area (Å²) < 4.78 is 15.9. The molecule has 1 aliphatic heterocycles. The van der Waals surface area contributed by atoms with Crippen LogP contribution < -0.4 is 10.4 Å². The molecule has 3 rings (SSSR count). The molecule has 1 fully saturated rings. The number of rotatable bonds is 5. The number of hydrogen-bond acceptors (Lipinski definition) is 9. The summed E-state index contributed by atoms with van der Waals surface area (Å²) >= 11 is 0. The maximum atomic E-state index is 12.0. The zero-order chi connectivity index (χ0) is 19.7. The van der Waals surface area contributed by atoms with Crippen molar-refractivity contribution in [2.45, 2.75) is 44.1 Å². The van der Waals surface area contributed by atoms with Gasteiger partial charge in [-0.05, 0) is 18.2 Å². The summed E-state index contributed by atoms with van der Waals surface area (Å²) in [6, 6.07) is 5.87. The molecule has 2 unspecified atom stereocenters. The van der Waals surface area contributed by atoms with Crippen LogP contribution in [0, 0.1) is 0 Å². The number of hydrogen-bond donors (Lipinski definition) is 4. The lowest BCUT2D eigenvalue weighted by atomic mass is 9.99. The number of benzene rings is 1. The second-order valence-corrected chi connectivity index (χ2v) is 6.24. The number of aliphatic hydroxyl groups excluding tert-OH is 4. The molecule has 2 aromatic rings. The smallest absolute Gasteiger partial charge is 0.347 e. The van der Waals surface area contributed by atoms with Crippen LogP contribution in [0.1, 0.15) is 23.7 Å². The van der Waals surface area contributed by atoms with Crippen LogP contribution in [-0.2, 0) is 4.74 Å². The second kappa shape index (κ2) is 7.75. The molecular weight excluding hydrogens is 360 g/mol. The number of fused-ring (bicyclic) bond motifs is 1. The largest absolute Gasteiger partial charge is 0.462 e. The van der Waals surface area contributed by atoms with Crippen molar-refractivity contribution in [2.24, 2.45) is 0 Å². The van der Waals surface area contributed by atoms with E-state index in [1.165, 1.54) is 18.2 Å². The maximum absolute atomic E-state index is 12.0. The van der Waals surface area contributed by atoms with Gasteiger partial charge in [-0.2, -0.15) is 0 Å². The Morgan fingerprint density at radius 3 is 2.56 bits per heavy atom. The van der Waals surface area contributed by atoms with E-state index in [1.54, 1.807) is 13.0 Å². The number of ether oxygens (including phenoxy) is 2. The lowest BCUT2D eigenvalue weighted by molar-refractivity contribution is -0.277. The fourth-order valence-electron chi connectivity index (χ4n) is 2.85. The number of ketones is 1. The molecule has 0 bridgehead atoms. The van der Waals surface area contributed by atoms with Gasteiger partial charge in [-0.25, -0.2) is 4.79 Å². The van der Waals surface area contributed by atoms with Crippen molar-refractivity contribution in [3.8, 4) is 5.75 Å². The van der Waals surface area contributed by atoms with E-state index in [0.29, 0.717) is 5.39 Å². The van der Waals surface area contributed by atoms with Gasteiger partial charge in [0.15, 0.2) is 5.78 Å². The Morgan fingerprint density at radius 2 is 1.89 bits per heavy atom. The molecule has 0 radical (unpaired) electrons. The predicted molar refractivity (Wildman–Crippen MR) is 91.5 cm³/mol. The fraction of sp³-hybridized carbons (Fsp3) is 0.444. The molecule has 27 heavy (non-hydrogen) atoms. The summed E-state index contributed by atoms with van der Waals surface area (Å²) in [6.07, 6.45) is -6.90. The zero-order valence-corrected chi connectivity index (χ0v) is 14.4. The van der Waals surface area contributed by atoms with E-state index < -0.39 is 42.9 Å². The molecule has 0 amide bonds. The van der Waals surface area contributed by atoms with Crippen molar-refractivity contribution in [1.29, 1.82) is 0 Å². The van der Waals surface area contributed by atoms with Gasteiger partial charge in [-0.1, -0.05) is 6.92 Å². The molecule has 1 aliphatic rings. The normalized spacial score (nSPS) is 28.3. The van der Waals surface area contributed by atoms with Gasteiger partial charge in [0.05, 0.1) is 6.61 Å². The Labute approximate surface area is 153 Å². The van der Waals surface area contributed by atoms with Crippen LogP contribution in [-0.4, -0.2) is 63.5 Å². The summed E-state index contributed by atoms with van der Waals surface area (Å²) in [5.41, 5.74) is -0.637. The van der Waals surface area contributed by atoms with Crippen molar-refractivity contribution in [2.75, 3.05) is 6.61 Å². The van der Waals surface area contributed by atoms with Crippen molar-refractivity contribution in [3.05, 3.63) is 40.2 Å². The fourth-order valence-corrected chi connectivity index (χ4v) is 2.85. The quantitative estimate of drug-likeness (QED) is 0.400. The molecule has 0 spiro atoms. The maximum Gasteiger partial charge on any atom is 0.347 e. The average molecular weight is 380 g/mol. The minimum Gasteiger partial charge on any atom is -0.462 e. The van der Waals surface area contributed by atoms with Gasteiger partial charge in [0.2, 0.25) is 6.29 Å². The third-order valence-corrected chi connectivity index (χ3v) is 4.43. The van der Waals surface area contributed by atoms with Crippen molar-refractivity contribution in [1.82, 2.24) is 0 Å². The van der Waals surface area contributed by atoms with Crippen LogP contribution in [0.5, 0.6) is 5.75 Å². The van der Waals surface area contributed by atoms with E-state index >= 15 is 0 Å². The highest BCUT2D eigenvalue weighted by atomic mass is 16.7. The minimum absolute atomic E-state index is 0.0346. The van der Waals surface area contributed by atoms with E-state index in [0.717, 1.165) is 0 Å². The van der Waals surface area contributed by atoms with Gasteiger partial charge >= 0.3 is 5.63 Å². The molecule has 1 aromatic heterocycles. The Balaban J connectivity index is 1.87. The van der Waals surface area contributed by atoms with E-state index in [-0.39, 0.29) is 29.1 Å². The zero-order valence-electron chi connectivity index (χ0n) is 14.4. The third-order valence-electron chi connectivity index (χ3n) is 4.43. The van der Waals surface area contributed by atoms with Crippen LogP contribution in [0.15, 0.2) is 33.5 Å². The average Bonchev–Trinajstić information content (AvgIpc) is 2.67. The molecule has 2 heterocycles. The Hall–Kier alpha value is -2.30. The first kappa shape index (κ1) is 19.5. The van der Waals surface area contributed by atoms with Gasteiger partial charge in [0.25, 0.3) is 0 Å². The molecule has 9 heteroatoms. The molecule has 0 saturated carbocycles. The first-order valence-electron chi connectivity index (χ1n) is 8.44. The van der Waals surface area contributed by atoms with E-state index in [2.05, 4.69) is 0 Å². The molecule has 1 aromatic carbocycles. The van der Waals surface area contributed by atoms with Crippen LogP contribution in [0.3, 0.4) is 0 Å². The summed E-state index contributed by atoms with van der Waals surface area (Å²) in [4.78, 5) is 23.7. The van der Waals surface area contributed by atoms with Crippen LogP contribution in [0.4, 0.5) is 0 Å². The predicted octanol–water partition coefficient (Wildman–Crippen LogP) is -0.436. The van der Waals surface area contributed by atoms with Gasteiger partial charge < -0.3 is 34.3 Å². The molecule has 0 aliphatic carbocycles. The van der Waals surface area contributed by atoms with Crippen LogP contribution in [0.25, 0.3) is 11.0 Å². The van der Waals surface area contributed by atoms with E-state index in [1.807, 2.05) is 0 Å². The summed E-state index contributed by atoms with van der Waals surface area (Å²) in [5, 5.41) is 39.3. The monoisotopic (exact) mass is 380 g/mol. The van der Waals surface area contributed by atoms with Crippen molar-refractivity contribution < 1.29 is 39.1 Å². The highest BCUT2D eigenvalue weighted by molar-refractivity contribution is 5.98. The Bertz CT molecular complexity index is 888. The van der Waals surface area contributed by atoms with Crippen LogP contribution >= 0.6 is 0 Å². The molecule has 5 atom stereocenters. The van der Waals surface area contributed by atoms with Gasteiger partial charge in [0, 0.05) is 17.9 Å². The third kappa shape index (κ3) is 3.73. The first-order chi connectivity index (χ1) is 12.8. The topological polar surface area (TPSA) is 147 Å². The standard InChI is InChI=1S/C18H20O9/c1-2-11(20)10-5-8-3-4-9(6-12(8)26-17(10)24)25-18-16(23)15(22)14(21)13(7-19)27-18/h3-6,13-16,18-19,21-23H,2,7H2,1H3/t13?,14-,15+,16?,18+/m0/s1. The number of Topliss-reactive ketones (excluding diaryl/α,β-unsaturated/α-hetero) is 1. The number of aliphatic hydroxyl groups is 4. The number of carbonyl (C=O) groups is 1. The highest BCUT2D eigenvalue weighted by Crippen LogP contribution is 2.26. The molecular formula is C18H20O9. The van der Waals surface area contributed by atoms with E-state index in [4.69, 9.17) is 13.9 Å². The summed E-state index contributed by atoms with van der Waals surface area (Å²) in [5.74, 6) is -0.170. The number of carbonyl (C=O) groups excluding carboxylic acids is 1. The summed E-state index contributed by atoms with van der Waals surface area (Å²) in [7, 11) is 0. The highest BCUT2D eigenvalue weighted by Gasteiger charge is 2.44. The lowest BCUT2D eigenvalue weighted by Crippen LogP contribution is -2.60. The molecule has 4 N–H and O–H groups in total. The van der Waals surface area contributed by atoms with Gasteiger partial charge in [0.1, 0.15) is 41.3 Å². The molecule has 1 saturated heterocycles. The SMILES string of the molecule is CCC(=O)c1cc2ccc(O[C@@H]3OC(CO)[C@H](O)[C@@H](O)C3O)cc2oc1=O. The van der Waals surface area contributed by atoms with Crippen molar-refractivity contribution >= 4 is 16.8 Å². The first-order valence-corrected chi connectivity index (χ1v) is 8.44. The summed E-state index contributed by atoms with van der Waals surface area (Å²) in [6.45, 7) is 1.06. The lowest BCUT2D eigenvalue weighted by Gasteiger charge is -2.39. The second-order valence-electron chi connectivity index (χ2n) is 6.24. The molecule has 9 nitrogen and oxygen atoms in total. The van der Waals surface area contributed by atoms with Gasteiger partial charge in [-0.15, -0.1) is 0 Å². The minimum atomic E-state index is -1.57. The molecule has 146 valence electrons.